The highest BCUT2D eigenvalue weighted by molar-refractivity contribution is 6.06. The van der Waals surface area contributed by atoms with Gasteiger partial charge in [-0.2, -0.15) is 0 Å². The van der Waals surface area contributed by atoms with E-state index in [2.05, 4.69) is 10.6 Å². The highest BCUT2D eigenvalue weighted by Gasteiger charge is 2.39. The van der Waals surface area contributed by atoms with Crippen molar-refractivity contribution in [2.24, 2.45) is 0 Å². The van der Waals surface area contributed by atoms with Crippen molar-refractivity contribution in [1.82, 2.24) is 10.2 Å². The van der Waals surface area contributed by atoms with E-state index in [-0.39, 0.29) is 31.3 Å². The van der Waals surface area contributed by atoms with Crippen LogP contribution in [0.4, 0.5) is 10.1 Å². The van der Waals surface area contributed by atoms with E-state index in [0.717, 1.165) is 5.56 Å². The Morgan fingerprint density at radius 2 is 1.96 bits per heavy atom. The third-order valence-corrected chi connectivity index (χ3v) is 5.11. The molecule has 0 saturated carbocycles. The minimum Gasteiger partial charge on any atom is -0.505 e. The Morgan fingerprint density at radius 1 is 1.18 bits per heavy atom. The normalized spacial score (nSPS) is 18.8. The summed E-state index contributed by atoms with van der Waals surface area (Å²) in [6, 6.07) is 8.88. The summed E-state index contributed by atoms with van der Waals surface area (Å²) < 4.78 is 14.0. The number of rotatable bonds is 4. The minimum absolute atomic E-state index is 0.128. The van der Waals surface area contributed by atoms with E-state index < -0.39 is 23.5 Å². The Morgan fingerprint density at radius 3 is 2.75 bits per heavy atom. The van der Waals surface area contributed by atoms with Crippen LogP contribution in [0.2, 0.25) is 0 Å². The summed E-state index contributed by atoms with van der Waals surface area (Å²) in [5, 5.41) is 14.9. The lowest BCUT2D eigenvalue weighted by Crippen LogP contribution is -2.52. The maximum atomic E-state index is 14.0. The molecule has 0 radical (unpaired) electrons. The highest BCUT2D eigenvalue weighted by Crippen LogP contribution is 2.32. The molecular formula is C20H18FN3O4. The number of fused-ring (bicyclic) bond motifs is 1. The summed E-state index contributed by atoms with van der Waals surface area (Å²) in [4.78, 5) is 37.8. The summed E-state index contributed by atoms with van der Waals surface area (Å²) in [5.74, 6) is -2.17. The molecule has 28 heavy (non-hydrogen) atoms. The van der Waals surface area contributed by atoms with Crippen LogP contribution >= 0.6 is 0 Å². The predicted octanol–water partition coefficient (Wildman–Crippen LogP) is 1.90. The first-order valence-electron chi connectivity index (χ1n) is 8.92. The lowest BCUT2D eigenvalue weighted by atomic mass is 10.0. The van der Waals surface area contributed by atoms with Crippen LogP contribution in [0, 0.1) is 5.82 Å². The maximum Gasteiger partial charge on any atom is 0.255 e. The van der Waals surface area contributed by atoms with Gasteiger partial charge in [-0.3, -0.25) is 19.7 Å². The van der Waals surface area contributed by atoms with Gasteiger partial charge in [0.25, 0.3) is 5.91 Å². The average molecular weight is 383 g/mol. The molecular weight excluding hydrogens is 365 g/mol. The molecule has 4 rings (SSSR count). The van der Waals surface area contributed by atoms with Gasteiger partial charge in [0.2, 0.25) is 11.8 Å². The molecule has 3 N–H and O–H groups in total. The second kappa shape index (κ2) is 6.95. The lowest BCUT2D eigenvalue weighted by Gasteiger charge is -2.29. The Balaban J connectivity index is 1.55. The number of halogens is 1. The monoisotopic (exact) mass is 383 g/mol. The summed E-state index contributed by atoms with van der Waals surface area (Å²) in [6.45, 7) is 0.357. The maximum absolute atomic E-state index is 14.0. The number of carbonyl (C=O) groups excluding carboxylic acids is 3. The van der Waals surface area contributed by atoms with Crippen LogP contribution in [0.3, 0.4) is 0 Å². The fraction of sp³-hybridized carbons (Fsp3) is 0.250. The Bertz CT molecular complexity index is 991. The van der Waals surface area contributed by atoms with Crippen molar-refractivity contribution in [1.29, 1.82) is 0 Å². The van der Waals surface area contributed by atoms with Crippen molar-refractivity contribution in [2.75, 3.05) is 5.32 Å². The van der Waals surface area contributed by atoms with Gasteiger partial charge in [0.15, 0.2) is 11.6 Å². The number of benzene rings is 2. The Kier molecular flexibility index (Phi) is 4.46. The molecule has 2 aromatic carbocycles. The molecule has 0 aliphatic carbocycles. The van der Waals surface area contributed by atoms with Crippen LogP contribution in [0.5, 0.6) is 5.75 Å². The molecule has 1 fully saturated rings. The first-order valence-corrected chi connectivity index (χ1v) is 8.92. The molecule has 1 atom stereocenters. The van der Waals surface area contributed by atoms with Crippen LogP contribution in [0.25, 0.3) is 0 Å². The smallest absolute Gasteiger partial charge is 0.255 e. The van der Waals surface area contributed by atoms with Crippen LogP contribution in [-0.4, -0.2) is 33.8 Å². The summed E-state index contributed by atoms with van der Waals surface area (Å²) in [6.07, 6.45) is 0.486. The molecule has 2 heterocycles. The van der Waals surface area contributed by atoms with Crippen LogP contribution < -0.4 is 10.6 Å². The number of piperidine rings is 1. The topological polar surface area (TPSA) is 98.7 Å². The number of anilines is 1. The molecule has 0 unspecified atom stereocenters. The molecule has 0 spiro atoms. The Hall–Kier alpha value is -3.42. The first-order chi connectivity index (χ1) is 13.5. The van der Waals surface area contributed by atoms with Crippen molar-refractivity contribution in [3.8, 4) is 5.75 Å². The van der Waals surface area contributed by atoms with E-state index in [4.69, 9.17) is 0 Å². The number of nitrogens with zero attached hydrogens (tertiary/aromatic N) is 1. The summed E-state index contributed by atoms with van der Waals surface area (Å²) >= 11 is 0. The third-order valence-electron chi connectivity index (χ3n) is 5.11. The van der Waals surface area contributed by atoms with Crippen molar-refractivity contribution in [3.05, 3.63) is 58.9 Å². The lowest BCUT2D eigenvalue weighted by molar-refractivity contribution is -0.136. The van der Waals surface area contributed by atoms with E-state index >= 15 is 0 Å². The summed E-state index contributed by atoms with van der Waals surface area (Å²) in [5.41, 5.74) is 2.15. The highest BCUT2D eigenvalue weighted by atomic mass is 19.1. The first kappa shape index (κ1) is 18.0. The quantitative estimate of drug-likeness (QED) is 0.701. The predicted molar refractivity (Wildman–Crippen MR) is 97.9 cm³/mol. The molecule has 1 saturated heterocycles. The number of amides is 3. The van der Waals surface area contributed by atoms with Crippen LogP contribution in [-0.2, 0) is 22.7 Å². The molecule has 2 aromatic rings. The molecule has 2 aliphatic heterocycles. The number of hydrogen-bond acceptors (Lipinski definition) is 5. The largest absolute Gasteiger partial charge is 0.505 e. The van der Waals surface area contributed by atoms with Crippen molar-refractivity contribution < 1.29 is 23.9 Å². The van der Waals surface area contributed by atoms with Gasteiger partial charge < -0.3 is 15.3 Å². The fourth-order valence-corrected chi connectivity index (χ4v) is 3.64. The zero-order valence-corrected chi connectivity index (χ0v) is 14.9. The van der Waals surface area contributed by atoms with Gasteiger partial charge in [0.1, 0.15) is 6.04 Å². The number of nitrogens with one attached hydrogen (secondary N) is 2. The second-order valence-corrected chi connectivity index (χ2v) is 6.84. The zero-order chi connectivity index (χ0) is 19.8. The van der Waals surface area contributed by atoms with E-state index in [1.54, 1.807) is 30.3 Å². The van der Waals surface area contributed by atoms with Gasteiger partial charge in [-0.15, -0.1) is 0 Å². The number of hydrogen-bond donors (Lipinski definition) is 3. The molecule has 0 aromatic heterocycles. The summed E-state index contributed by atoms with van der Waals surface area (Å²) in [7, 11) is 0. The second-order valence-electron chi connectivity index (χ2n) is 6.84. The van der Waals surface area contributed by atoms with Gasteiger partial charge >= 0.3 is 0 Å². The molecule has 7 nitrogen and oxygen atoms in total. The molecule has 0 bridgehead atoms. The fourth-order valence-electron chi connectivity index (χ4n) is 3.64. The van der Waals surface area contributed by atoms with E-state index in [9.17, 15) is 23.9 Å². The van der Waals surface area contributed by atoms with Gasteiger partial charge in [-0.05, 0) is 24.6 Å². The third kappa shape index (κ3) is 3.06. The van der Waals surface area contributed by atoms with Crippen LogP contribution in [0.15, 0.2) is 36.4 Å². The Labute approximate surface area is 160 Å². The zero-order valence-electron chi connectivity index (χ0n) is 14.9. The standard InChI is InChI=1S/C20H18FN3O4/c21-18-11(3-1-6-16(18)25)9-22-14-5-2-4-12-13(14)10-24(20(12)28)15-7-8-17(26)23-19(15)27/h1-6,15,22,25H,7-10H2,(H,23,26,27)/t15-/m0/s1. The average Bonchev–Trinajstić information content (AvgIpc) is 3.00. The van der Waals surface area contributed by atoms with Gasteiger partial charge in [-0.25, -0.2) is 4.39 Å². The molecule has 8 heteroatoms. The van der Waals surface area contributed by atoms with E-state index in [0.29, 0.717) is 23.2 Å². The number of imide groups is 1. The number of aromatic hydroxyl groups is 1. The van der Waals surface area contributed by atoms with Gasteiger partial charge in [0, 0.05) is 41.9 Å². The van der Waals surface area contributed by atoms with Gasteiger partial charge in [-0.1, -0.05) is 18.2 Å². The number of carbonyl (C=O) groups is 3. The molecule has 144 valence electrons. The van der Waals surface area contributed by atoms with Crippen LogP contribution in [0.1, 0.15) is 34.3 Å². The molecule has 3 amide bonds. The van der Waals surface area contributed by atoms with Gasteiger partial charge in [0.05, 0.1) is 0 Å². The molecule has 2 aliphatic rings. The number of phenolic OH excluding ortho intramolecular Hbond substituents is 1. The van der Waals surface area contributed by atoms with Crippen molar-refractivity contribution >= 4 is 23.4 Å². The van der Waals surface area contributed by atoms with Crippen molar-refractivity contribution in [2.45, 2.75) is 32.0 Å². The number of phenols is 1. The van der Waals surface area contributed by atoms with Crippen molar-refractivity contribution in [3.63, 3.8) is 0 Å². The van der Waals surface area contributed by atoms with E-state index in [1.165, 1.54) is 11.0 Å². The minimum atomic E-state index is -0.691. The van der Waals surface area contributed by atoms with E-state index in [1.807, 2.05) is 0 Å². The SMILES string of the molecule is O=C1CC[C@H](N2Cc3c(NCc4cccc(O)c4F)cccc3C2=O)C(=O)N1.